The standard InChI is InChI=1S/C30H29NO4/c32-23-6-4-20(5-7-23)28-18-21-16-24(33)8-11-27(21)30(28)19-22-17-25(9-10-26(22)29(30)34)35-15-14-31-12-2-1-3-13-31/h4-11,16-18,32-33H,1-3,12-15,19H2. The minimum Gasteiger partial charge on any atom is -0.508 e. The van der Waals surface area contributed by atoms with Crippen molar-refractivity contribution in [3.05, 3.63) is 88.5 Å². The Morgan fingerprint density at radius 2 is 1.66 bits per heavy atom. The van der Waals surface area contributed by atoms with Gasteiger partial charge in [0.2, 0.25) is 0 Å². The zero-order valence-electron chi connectivity index (χ0n) is 19.7. The van der Waals surface area contributed by atoms with E-state index in [-0.39, 0.29) is 17.3 Å². The third-order valence-corrected chi connectivity index (χ3v) is 7.72. The van der Waals surface area contributed by atoms with Gasteiger partial charge in [-0.25, -0.2) is 0 Å². The van der Waals surface area contributed by atoms with E-state index in [0.29, 0.717) is 13.0 Å². The lowest BCUT2D eigenvalue weighted by atomic mass is 9.72. The Labute approximate surface area is 205 Å². The molecule has 3 aromatic rings. The predicted octanol–water partition coefficient (Wildman–Crippen LogP) is 5.19. The van der Waals surface area contributed by atoms with Crippen LogP contribution in [0.5, 0.6) is 17.2 Å². The first kappa shape index (κ1) is 21.9. The molecule has 0 bridgehead atoms. The first-order chi connectivity index (χ1) is 17.0. The number of ether oxygens (including phenoxy) is 1. The summed E-state index contributed by atoms with van der Waals surface area (Å²) in [5.74, 6) is 1.22. The van der Waals surface area contributed by atoms with Crippen LogP contribution in [0.15, 0.2) is 60.7 Å². The normalized spacial score (nSPS) is 21.1. The monoisotopic (exact) mass is 467 g/mol. The van der Waals surface area contributed by atoms with Crippen LogP contribution in [-0.2, 0) is 11.8 Å². The minimum atomic E-state index is -0.852. The number of benzene rings is 3. The van der Waals surface area contributed by atoms with Crippen LogP contribution in [0.1, 0.15) is 51.9 Å². The number of allylic oxidation sites excluding steroid dienone is 1. The van der Waals surface area contributed by atoms with Gasteiger partial charge < -0.3 is 14.9 Å². The van der Waals surface area contributed by atoms with E-state index < -0.39 is 5.41 Å². The molecule has 5 nitrogen and oxygen atoms in total. The van der Waals surface area contributed by atoms with E-state index in [2.05, 4.69) is 4.90 Å². The summed E-state index contributed by atoms with van der Waals surface area (Å²) in [6.45, 7) is 3.85. The molecule has 1 spiro atoms. The van der Waals surface area contributed by atoms with E-state index >= 15 is 0 Å². The van der Waals surface area contributed by atoms with Crippen molar-refractivity contribution in [1.29, 1.82) is 0 Å². The van der Waals surface area contributed by atoms with Crippen LogP contribution in [0.4, 0.5) is 0 Å². The summed E-state index contributed by atoms with van der Waals surface area (Å²) in [5.41, 5.74) is 4.40. The predicted molar refractivity (Wildman–Crippen MR) is 136 cm³/mol. The van der Waals surface area contributed by atoms with Gasteiger partial charge in [-0.1, -0.05) is 24.6 Å². The number of carbonyl (C=O) groups is 1. The van der Waals surface area contributed by atoms with Gasteiger partial charge in [0.25, 0.3) is 0 Å². The Morgan fingerprint density at radius 1 is 0.886 bits per heavy atom. The number of hydrogen-bond donors (Lipinski definition) is 2. The molecule has 1 saturated heterocycles. The maximum absolute atomic E-state index is 14.1. The average Bonchev–Trinajstić information content (AvgIpc) is 3.34. The van der Waals surface area contributed by atoms with Gasteiger partial charge in [-0.2, -0.15) is 0 Å². The Hall–Kier alpha value is -3.57. The molecule has 3 aliphatic rings. The Bertz CT molecular complexity index is 1320. The molecule has 178 valence electrons. The summed E-state index contributed by atoms with van der Waals surface area (Å²) >= 11 is 0. The lowest BCUT2D eigenvalue weighted by Crippen LogP contribution is -2.33. The van der Waals surface area contributed by atoms with Crippen molar-refractivity contribution in [3.63, 3.8) is 0 Å². The van der Waals surface area contributed by atoms with Gasteiger partial charge in [0.15, 0.2) is 5.78 Å². The van der Waals surface area contributed by atoms with Gasteiger partial charge in [-0.3, -0.25) is 9.69 Å². The highest BCUT2D eigenvalue weighted by atomic mass is 16.5. The number of ketones is 1. The fourth-order valence-electron chi connectivity index (χ4n) is 5.99. The molecule has 3 aromatic carbocycles. The second-order valence-electron chi connectivity index (χ2n) is 9.86. The molecule has 0 amide bonds. The molecule has 1 aliphatic heterocycles. The highest BCUT2D eigenvalue weighted by Crippen LogP contribution is 2.55. The van der Waals surface area contributed by atoms with Crippen molar-refractivity contribution in [1.82, 2.24) is 4.90 Å². The van der Waals surface area contributed by atoms with E-state index in [1.165, 1.54) is 19.3 Å². The Morgan fingerprint density at radius 3 is 2.46 bits per heavy atom. The molecule has 0 saturated carbocycles. The molecule has 1 unspecified atom stereocenters. The molecule has 0 radical (unpaired) electrons. The van der Waals surface area contributed by atoms with Crippen molar-refractivity contribution in [2.75, 3.05) is 26.2 Å². The van der Waals surface area contributed by atoms with E-state index in [4.69, 9.17) is 4.74 Å². The minimum absolute atomic E-state index is 0.0659. The van der Waals surface area contributed by atoms with E-state index in [9.17, 15) is 15.0 Å². The van der Waals surface area contributed by atoms with Gasteiger partial charge >= 0.3 is 0 Å². The second-order valence-corrected chi connectivity index (χ2v) is 9.86. The van der Waals surface area contributed by atoms with Crippen molar-refractivity contribution in [2.24, 2.45) is 0 Å². The van der Waals surface area contributed by atoms with Crippen LogP contribution in [0.2, 0.25) is 0 Å². The molecule has 2 N–H and O–H groups in total. The Balaban J connectivity index is 1.32. The number of piperidine rings is 1. The maximum atomic E-state index is 14.1. The van der Waals surface area contributed by atoms with Crippen LogP contribution >= 0.6 is 0 Å². The molecule has 5 heteroatoms. The molecule has 1 atom stereocenters. The number of hydrogen-bond acceptors (Lipinski definition) is 5. The first-order valence-electron chi connectivity index (χ1n) is 12.4. The van der Waals surface area contributed by atoms with Crippen LogP contribution in [-0.4, -0.2) is 47.1 Å². The zero-order valence-corrected chi connectivity index (χ0v) is 19.7. The average molecular weight is 468 g/mol. The van der Waals surface area contributed by atoms with Crippen molar-refractivity contribution in [2.45, 2.75) is 31.1 Å². The van der Waals surface area contributed by atoms with Crippen molar-refractivity contribution in [3.8, 4) is 17.2 Å². The molecule has 2 aliphatic carbocycles. The van der Waals surface area contributed by atoms with Gasteiger partial charge in [0.05, 0.1) is 5.41 Å². The number of phenolic OH excluding ortho intramolecular Hbond substituents is 2. The number of phenols is 2. The van der Waals surface area contributed by atoms with Gasteiger partial charge in [0.1, 0.15) is 23.9 Å². The largest absolute Gasteiger partial charge is 0.508 e. The van der Waals surface area contributed by atoms with Crippen LogP contribution in [0.25, 0.3) is 11.6 Å². The van der Waals surface area contributed by atoms with Gasteiger partial charge in [0, 0.05) is 12.1 Å². The molecule has 1 fully saturated rings. The maximum Gasteiger partial charge on any atom is 0.178 e. The summed E-state index contributed by atoms with van der Waals surface area (Å²) in [4.78, 5) is 16.5. The number of likely N-dealkylation sites (tertiary alicyclic amines) is 1. The number of aromatic hydroxyl groups is 2. The van der Waals surface area contributed by atoms with E-state index in [1.54, 1.807) is 24.3 Å². The molecule has 35 heavy (non-hydrogen) atoms. The first-order valence-corrected chi connectivity index (χ1v) is 12.4. The van der Waals surface area contributed by atoms with Crippen molar-refractivity contribution >= 4 is 17.4 Å². The van der Waals surface area contributed by atoms with Crippen LogP contribution in [0.3, 0.4) is 0 Å². The highest BCUT2D eigenvalue weighted by Gasteiger charge is 2.53. The number of fused-ring (bicyclic) bond motifs is 3. The fraction of sp³-hybridized carbons (Fsp3) is 0.300. The lowest BCUT2D eigenvalue weighted by molar-refractivity contribution is 0.0941. The number of rotatable bonds is 5. The SMILES string of the molecule is O=C1c2ccc(OCCN3CCCCC3)cc2CC12C(c1ccc(O)cc1)=Cc1cc(O)ccc12. The topological polar surface area (TPSA) is 70.0 Å². The summed E-state index contributed by atoms with van der Waals surface area (Å²) < 4.78 is 6.10. The lowest BCUT2D eigenvalue weighted by Gasteiger charge is -2.28. The molecular weight excluding hydrogens is 438 g/mol. The molecule has 6 rings (SSSR count). The third kappa shape index (κ3) is 3.71. The van der Waals surface area contributed by atoms with Crippen LogP contribution in [0, 0.1) is 0 Å². The Kier molecular flexibility index (Phi) is 5.37. The van der Waals surface area contributed by atoms with Crippen molar-refractivity contribution < 1.29 is 19.7 Å². The number of nitrogens with zero attached hydrogens (tertiary/aromatic N) is 1. The van der Waals surface area contributed by atoms with Gasteiger partial charge in [-0.05, 0) is 109 Å². The van der Waals surface area contributed by atoms with Crippen LogP contribution < -0.4 is 4.74 Å². The quantitative estimate of drug-likeness (QED) is 0.540. The number of Topliss-reactive ketones (excluding diaryl/α,β-unsaturated/α-hetero) is 1. The van der Waals surface area contributed by atoms with Gasteiger partial charge in [-0.15, -0.1) is 0 Å². The second kappa shape index (κ2) is 8.58. The van der Waals surface area contributed by atoms with E-state index in [0.717, 1.165) is 58.8 Å². The summed E-state index contributed by atoms with van der Waals surface area (Å²) in [6.07, 6.45) is 6.38. The summed E-state index contributed by atoms with van der Waals surface area (Å²) in [7, 11) is 0. The zero-order chi connectivity index (χ0) is 24.0. The summed E-state index contributed by atoms with van der Waals surface area (Å²) in [6, 6.07) is 18.0. The molecule has 0 aromatic heterocycles. The highest BCUT2D eigenvalue weighted by molar-refractivity contribution is 6.20. The fourth-order valence-corrected chi connectivity index (χ4v) is 5.99. The third-order valence-electron chi connectivity index (χ3n) is 7.72. The number of carbonyl (C=O) groups excluding carboxylic acids is 1. The van der Waals surface area contributed by atoms with E-state index in [1.807, 2.05) is 42.5 Å². The molecule has 1 heterocycles. The smallest absolute Gasteiger partial charge is 0.178 e. The molecular formula is C30H29NO4. The summed E-state index contributed by atoms with van der Waals surface area (Å²) in [5, 5.41) is 19.9.